The van der Waals surface area contributed by atoms with Crippen LogP contribution in [0.1, 0.15) is 12.5 Å². The first-order chi connectivity index (χ1) is 12.1. The molecule has 0 bridgehead atoms. The lowest BCUT2D eigenvalue weighted by molar-refractivity contribution is -0.114. The van der Waals surface area contributed by atoms with Crippen LogP contribution in [0.25, 0.3) is 6.08 Å². The molecule has 0 N–H and O–H groups in total. The molecule has 0 radical (unpaired) electrons. The van der Waals surface area contributed by atoms with Crippen LogP contribution in [0.15, 0.2) is 63.7 Å². The maximum Gasteiger partial charge on any atom is 0.280 e. The molecule has 0 saturated carbocycles. The van der Waals surface area contributed by atoms with Crippen LogP contribution in [-0.2, 0) is 4.79 Å². The Hall–Kier alpha value is -2.84. The normalized spacial score (nSPS) is 15.2. The van der Waals surface area contributed by atoms with Crippen molar-refractivity contribution in [1.82, 2.24) is 0 Å². The molecule has 0 fully saturated rings. The maximum atomic E-state index is 12.7. The molecule has 0 spiro atoms. The summed E-state index contributed by atoms with van der Waals surface area (Å²) < 4.78 is 6.20. The molecule has 5 heteroatoms. The van der Waals surface area contributed by atoms with Crippen molar-refractivity contribution in [3.8, 4) is 18.1 Å². The molecule has 3 rings (SSSR count). The van der Waals surface area contributed by atoms with Crippen LogP contribution >= 0.6 is 15.9 Å². The third-order valence-corrected chi connectivity index (χ3v) is 4.26. The first kappa shape index (κ1) is 17.0. The average molecular weight is 395 g/mol. The minimum absolute atomic E-state index is 0.146. The standard InChI is InChI=1S/C20H15BrN2O2/c1-3-11-25-19-10-9-15(13-18(19)21)12-17-14(2)22-23(20(17)24)16-7-5-4-6-8-16/h1,4-10,12-13H,11H2,2H3/b17-12-. The zero-order valence-electron chi connectivity index (χ0n) is 13.6. The Kier molecular flexibility index (Phi) is 5.01. The predicted octanol–water partition coefficient (Wildman–Crippen LogP) is 4.27. The molecule has 0 aliphatic carbocycles. The summed E-state index contributed by atoms with van der Waals surface area (Å²) in [6, 6.07) is 14.9. The molecule has 4 nitrogen and oxygen atoms in total. The number of carbonyl (C=O) groups excluding carboxylic acids is 1. The number of anilines is 1. The van der Waals surface area contributed by atoms with E-state index in [-0.39, 0.29) is 12.5 Å². The molecule has 0 aromatic heterocycles. The summed E-state index contributed by atoms with van der Waals surface area (Å²) in [7, 11) is 0. The number of hydrogen-bond donors (Lipinski definition) is 0. The SMILES string of the molecule is C#CCOc1ccc(/C=C2\C(=O)N(c3ccccc3)N=C2C)cc1Br. The molecule has 2 aromatic rings. The minimum Gasteiger partial charge on any atom is -0.480 e. The van der Waals surface area contributed by atoms with Crippen LogP contribution in [0.3, 0.4) is 0 Å². The summed E-state index contributed by atoms with van der Waals surface area (Å²) in [5, 5.41) is 5.79. The van der Waals surface area contributed by atoms with Gasteiger partial charge in [0.1, 0.15) is 12.4 Å². The van der Waals surface area contributed by atoms with Gasteiger partial charge in [0.15, 0.2) is 0 Å². The highest BCUT2D eigenvalue weighted by Gasteiger charge is 2.28. The van der Waals surface area contributed by atoms with Crippen molar-refractivity contribution >= 4 is 39.3 Å². The summed E-state index contributed by atoms with van der Waals surface area (Å²) in [6.07, 6.45) is 7.02. The largest absolute Gasteiger partial charge is 0.480 e. The second-order valence-electron chi connectivity index (χ2n) is 5.38. The van der Waals surface area contributed by atoms with Gasteiger partial charge in [0.25, 0.3) is 5.91 Å². The lowest BCUT2D eigenvalue weighted by Gasteiger charge is -2.11. The first-order valence-corrected chi connectivity index (χ1v) is 8.42. The van der Waals surface area contributed by atoms with Crippen molar-refractivity contribution < 1.29 is 9.53 Å². The number of ether oxygens (including phenoxy) is 1. The second-order valence-corrected chi connectivity index (χ2v) is 6.23. The number of hydrazone groups is 1. The molecule has 0 saturated heterocycles. The zero-order valence-corrected chi connectivity index (χ0v) is 15.2. The molecule has 1 heterocycles. The lowest BCUT2D eigenvalue weighted by atomic mass is 10.1. The van der Waals surface area contributed by atoms with Crippen molar-refractivity contribution in [3.63, 3.8) is 0 Å². The molecule has 25 heavy (non-hydrogen) atoms. The number of halogens is 1. The van der Waals surface area contributed by atoms with Gasteiger partial charge in [-0.05, 0) is 58.8 Å². The van der Waals surface area contributed by atoms with E-state index in [9.17, 15) is 4.79 Å². The third-order valence-electron chi connectivity index (χ3n) is 3.64. The molecular formula is C20H15BrN2O2. The van der Waals surface area contributed by atoms with Crippen LogP contribution in [-0.4, -0.2) is 18.2 Å². The van der Waals surface area contributed by atoms with Crippen LogP contribution in [0.2, 0.25) is 0 Å². The summed E-state index contributed by atoms with van der Waals surface area (Å²) in [5.74, 6) is 2.94. The van der Waals surface area contributed by atoms with Gasteiger partial charge in [-0.25, -0.2) is 0 Å². The molecule has 0 unspecified atom stereocenters. The Morgan fingerprint density at radius 2 is 2.04 bits per heavy atom. The molecule has 124 valence electrons. The van der Waals surface area contributed by atoms with Crippen molar-refractivity contribution in [2.45, 2.75) is 6.92 Å². The lowest BCUT2D eigenvalue weighted by Crippen LogP contribution is -2.21. The van der Waals surface area contributed by atoms with E-state index in [1.807, 2.05) is 61.5 Å². The van der Waals surface area contributed by atoms with E-state index in [2.05, 4.69) is 27.0 Å². The van der Waals surface area contributed by atoms with Gasteiger partial charge in [-0.3, -0.25) is 4.79 Å². The van der Waals surface area contributed by atoms with Crippen LogP contribution < -0.4 is 9.75 Å². The summed E-state index contributed by atoms with van der Waals surface area (Å²) in [4.78, 5) is 12.7. The van der Waals surface area contributed by atoms with Crippen molar-refractivity contribution in [3.05, 3.63) is 64.1 Å². The van der Waals surface area contributed by atoms with E-state index < -0.39 is 0 Å². The average Bonchev–Trinajstić information content (AvgIpc) is 2.90. The fourth-order valence-corrected chi connectivity index (χ4v) is 2.95. The smallest absolute Gasteiger partial charge is 0.280 e. The number of para-hydroxylation sites is 1. The Balaban J connectivity index is 1.87. The van der Waals surface area contributed by atoms with Crippen LogP contribution in [0.4, 0.5) is 5.69 Å². The molecule has 2 aromatic carbocycles. The molecular weight excluding hydrogens is 380 g/mol. The van der Waals surface area contributed by atoms with E-state index >= 15 is 0 Å². The van der Waals surface area contributed by atoms with Gasteiger partial charge < -0.3 is 4.74 Å². The van der Waals surface area contributed by atoms with Crippen LogP contribution in [0.5, 0.6) is 5.75 Å². The molecule has 1 amide bonds. The molecule has 1 aliphatic rings. The highest BCUT2D eigenvalue weighted by atomic mass is 79.9. The van der Waals surface area contributed by atoms with Crippen molar-refractivity contribution in [2.24, 2.45) is 5.10 Å². The number of carbonyl (C=O) groups is 1. The summed E-state index contributed by atoms with van der Waals surface area (Å²) >= 11 is 3.46. The fourth-order valence-electron chi connectivity index (χ4n) is 2.44. The van der Waals surface area contributed by atoms with Gasteiger partial charge >= 0.3 is 0 Å². The topological polar surface area (TPSA) is 41.9 Å². The van der Waals surface area contributed by atoms with Crippen LogP contribution in [0, 0.1) is 12.3 Å². The van der Waals surface area contributed by atoms with E-state index in [4.69, 9.17) is 11.2 Å². The summed E-state index contributed by atoms with van der Waals surface area (Å²) in [5.41, 5.74) is 2.85. The maximum absolute atomic E-state index is 12.7. The number of amides is 1. The van der Waals surface area contributed by atoms with Gasteiger partial charge in [-0.1, -0.05) is 30.2 Å². The Morgan fingerprint density at radius 3 is 2.72 bits per heavy atom. The number of benzene rings is 2. The number of terminal acetylenes is 1. The van der Waals surface area contributed by atoms with E-state index in [0.29, 0.717) is 17.0 Å². The highest BCUT2D eigenvalue weighted by Crippen LogP contribution is 2.29. The number of rotatable bonds is 4. The number of nitrogens with zero attached hydrogens (tertiary/aromatic N) is 2. The van der Waals surface area contributed by atoms with Gasteiger partial charge in [0.2, 0.25) is 0 Å². The number of hydrogen-bond acceptors (Lipinski definition) is 3. The van der Waals surface area contributed by atoms with Gasteiger partial charge in [0.05, 0.1) is 21.4 Å². The minimum atomic E-state index is -0.146. The highest BCUT2D eigenvalue weighted by molar-refractivity contribution is 9.10. The van der Waals surface area contributed by atoms with Gasteiger partial charge in [-0.2, -0.15) is 10.1 Å². The monoisotopic (exact) mass is 394 g/mol. The van der Waals surface area contributed by atoms with Crippen molar-refractivity contribution in [2.75, 3.05) is 11.6 Å². The van der Waals surface area contributed by atoms with E-state index in [1.165, 1.54) is 5.01 Å². The van der Waals surface area contributed by atoms with E-state index in [0.717, 1.165) is 15.7 Å². The molecule has 0 atom stereocenters. The molecule has 1 aliphatic heterocycles. The van der Waals surface area contributed by atoms with Gasteiger partial charge in [0, 0.05) is 0 Å². The predicted molar refractivity (Wildman–Crippen MR) is 103 cm³/mol. The zero-order chi connectivity index (χ0) is 17.8. The van der Waals surface area contributed by atoms with Crippen molar-refractivity contribution in [1.29, 1.82) is 0 Å². The Morgan fingerprint density at radius 1 is 1.28 bits per heavy atom. The van der Waals surface area contributed by atoms with Gasteiger partial charge in [-0.15, -0.1) is 6.42 Å². The second kappa shape index (κ2) is 7.37. The first-order valence-electron chi connectivity index (χ1n) is 7.63. The summed E-state index contributed by atoms with van der Waals surface area (Å²) in [6.45, 7) is 2.03. The fraction of sp³-hybridized carbons (Fsp3) is 0.100. The Bertz CT molecular complexity index is 911. The quantitative estimate of drug-likeness (QED) is 0.573. The third kappa shape index (κ3) is 3.65. The Labute approximate surface area is 154 Å². The van der Waals surface area contributed by atoms with E-state index in [1.54, 1.807) is 0 Å².